The van der Waals surface area contributed by atoms with Crippen molar-refractivity contribution in [2.75, 3.05) is 5.32 Å². The highest BCUT2D eigenvalue weighted by Gasteiger charge is 2.07. The first-order chi connectivity index (χ1) is 8.56. The van der Waals surface area contributed by atoms with E-state index in [1.54, 1.807) is 12.1 Å². The van der Waals surface area contributed by atoms with Gasteiger partial charge in [-0.2, -0.15) is 0 Å². The van der Waals surface area contributed by atoms with Gasteiger partial charge in [-0.1, -0.05) is 12.1 Å². The van der Waals surface area contributed by atoms with E-state index in [-0.39, 0.29) is 6.04 Å². The predicted octanol–water partition coefficient (Wildman–Crippen LogP) is 4.48. The SMILES string of the molecule is Cc1cc(I)ccc1NC(C)c1ccc(O)cc1. The summed E-state index contributed by atoms with van der Waals surface area (Å²) in [4.78, 5) is 0. The highest BCUT2D eigenvalue weighted by molar-refractivity contribution is 14.1. The molecule has 2 rings (SSSR count). The first-order valence-electron chi connectivity index (χ1n) is 5.88. The maximum atomic E-state index is 9.28. The number of aromatic hydroxyl groups is 1. The molecule has 0 amide bonds. The quantitative estimate of drug-likeness (QED) is 0.798. The summed E-state index contributed by atoms with van der Waals surface area (Å²) < 4.78 is 1.24. The van der Waals surface area contributed by atoms with Crippen LogP contribution in [0.3, 0.4) is 0 Å². The number of phenols is 1. The van der Waals surface area contributed by atoms with Crippen molar-refractivity contribution in [3.05, 3.63) is 57.2 Å². The molecule has 2 aromatic rings. The maximum absolute atomic E-state index is 9.28. The molecule has 2 nitrogen and oxygen atoms in total. The van der Waals surface area contributed by atoms with Crippen molar-refractivity contribution in [3.8, 4) is 5.75 Å². The summed E-state index contributed by atoms with van der Waals surface area (Å²) in [6, 6.07) is 13.9. The minimum absolute atomic E-state index is 0.212. The molecule has 0 saturated heterocycles. The van der Waals surface area contributed by atoms with Gasteiger partial charge in [0.1, 0.15) is 5.75 Å². The van der Waals surface area contributed by atoms with Gasteiger partial charge in [0.15, 0.2) is 0 Å². The van der Waals surface area contributed by atoms with Gasteiger partial charge in [-0.25, -0.2) is 0 Å². The van der Waals surface area contributed by atoms with E-state index in [1.165, 1.54) is 9.13 Å². The van der Waals surface area contributed by atoms with Gasteiger partial charge in [0.2, 0.25) is 0 Å². The van der Waals surface area contributed by atoms with Gasteiger partial charge in [-0.05, 0) is 77.9 Å². The van der Waals surface area contributed by atoms with Crippen LogP contribution in [-0.4, -0.2) is 5.11 Å². The fourth-order valence-electron chi connectivity index (χ4n) is 1.87. The van der Waals surface area contributed by atoms with Crippen molar-refractivity contribution in [3.63, 3.8) is 0 Å². The van der Waals surface area contributed by atoms with Gasteiger partial charge in [-0.3, -0.25) is 0 Å². The summed E-state index contributed by atoms with van der Waals surface area (Å²) in [6.07, 6.45) is 0. The third kappa shape index (κ3) is 3.16. The van der Waals surface area contributed by atoms with E-state index >= 15 is 0 Å². The second kappa shape index (κ2) is 5.61. The predicted molar refractivity (Wildman–Crippen MR) is 84.0 cm³/mol. The van der Waals surface area contributed by atoms with Crippen LogP contribution in [0, 0.1) is 10.5 Å². The lowest BCUT2D eigenvalue weighted by Crippen LogP contribution is -2.07. The average Bonchev–Trinajstić information content (AvgIpc) is 2.33. The molecule has 0 aliphatic rings. The third-order valence-corrected chi connectivity index (χ3v) is 3.62. The summed E-state index contributed by atoms with van der Waals surface area (Å²) in [5, 5.41) is 12.8. The molecule has 1 unspecified atom stereocenters. The van der Waals surface area contributed by atoms with Gasteiger partial charge in [0.25, 0.3) is 0 Å². The highest BCUT2D eigenvalue weighted by atomic mass is 127. The minimum atomic E-state index is 0.212. The van der Waals surface area contributed by atoms with E-state index in [1.807, 2.05) is 12.1 Å². The molecule has 0 saturated carbocycles. The molecule has 2 N–H and O–H groups in total. The second-order valence-corrected chi connectivity index (χ2v) is 5.66. The third-order valence-electron chi connectivity index (χ3n) is 2.95. The van der Waals surface area contributed by atoms with Gasteiger partial charge >= 0.3 is 0 Å². The monoisotopic (exact) mass is 353 g/mol. The van der Waals surface area contributed by atoms with Crippen molar-refractivity contribution in [1.82, 2.24) is 0 Å². The van der Waals surface area contributed by atoms with E-state index < -0.39 is 0 Å². The summed E-state index contributed by atoms with van der Waals surface area (Å²) >= 11 is 2.32. The van der Waals surface area contributed by atoms with Gasteiger partial charge < -0.3 is 10.4 Å². The first-order valence-corrected chi connectivity index (χ1v) is 6.96. The lowest BCUT2D eigenvalue weighted by atomic mass is 10.1. The normalized spacial score (nSPS) is 12.2. The fourth-order valence-corrected chi connectivity index (χ4v) is 2.52. The Morgan fingerprint density at radius 1 is 1.11 bits per heavy atom. The Morgan fingerprint density at radius 2 is 1.78 bits per heavy atom. The number of halogens is 1. The molecule has 0 heterocycles. The Hall–Kier alpha value is -1.23. The van der Waals surface area contributed by atoms with E-state index in [0.29, 0.717) is 5.75 Å². The lowest BCUT2D eigenvalue weighted by Gasteiger charge is -2.17. The van der Waals surface area contributed by atoms with E-state index in [9.17, 15) is 5.11 Å². The van der Waals surface area contributed by atoms with Crippen molar-refractivity contribution in [2.24, 2.45) is 0 Å². The molecule has 0 aliphatic carbocycles. The number of nitrogens with one attached hydrogen (secondary N) is 1. The van der Waals surface area contributed by atoms with Crippen molar-refractivity contribution in [1.29, 1.82) is 0 Å². The van der Waals surface area contributed by atoms with Gasteiger partial charge in [0.05, 0.1) is 0 Å². The second-order valence-electron chi connectivity index (χ2n) is 4.42. The summed E-state index contributed by atoms with van der Waals surface area (Å²) in [5.74, 6) is 0.302. The van der Waals surface area contributed by atoms with Crippen LogP contribution in [0.5, 0.6) is 5.75 Å². The Kier molecular flexibility index (Phi) is 4.11. The molecule has 0 fully saturated rings. The Labute approximate surface area is 121 Å². The van der Waals surface area contributed by atoms with Crippen LogP contribution in [0.15, 0.2) is 42.5 Å². The standard InChI is InChI=1S/C15H16INO/c1-10-9-13(16)5-8-15(10)17-11(2)12-3-6-14(18)7-4-12/h3-9,11,17-18H,1-2H3. The number of benzene rings is 2. The summed E-state index contributed by atoms with van der Waals surface area (Å²) in [6.45, 7) is 4.22. The first kappa shape index (κ1) is 13.2. The molecule has 3 heteroatoms. The van der Waals surface area contributed by atoms with Crippen LogP contribution < -0.4 is 5.32 Å². The number of hydrogen-bond acceptors (Lipinski definition) is 2. The zero-order valence-corrected chi connectivity index (χ0v) is 12.6. The van der Waals surface area contributed by atoms with Gasteiger partial charge in [-0.15, -0.1) is 0 Å². The Bertz CT molecular complexity index is 537. The largest absolute Gasteiger partial charge is 0.508 e. The van der Waals surface area contributed by atoms with Gasteiger partial charge in [0, 0.05) is 15.3 Å². The average molecular weight is 353 g/mol. The molecule has 0 aromatic heterocycles. The zero-order valence-electron chi connectivity index (χ0n) is 10.4. The smallest absolute Gasteiger partial charge is 0.115 e. The maximum Gasteiger partial charge on any atom is 0.115 e. The molecule has 0 bridgehead atoms. The Balaban J connectivity index is 2.15. The zero-order chi connectivity index (χ0) is 13.1. The molecule has 18 heavy (non-hydrogen) atoms. The molecule has 2 aromatic carbocycles. The van der Waals surface area contributed by atoms with E-state index in [0.717, 1.165) is 11.3 Å². The summed E-state index contributed by atoms with van der Waals surface area (Å²) in [5.41, 5.74) is 3.55. The van der Waals surface area contributed by atoms with E-state index in [2.05, 4.69) is 60.0 Å². The van der Waals surface area contributed by atoms with Crippen LogP contribution >= 0.6 is 22.6 Å². The molecule has 94 valence electrons. The lowest BCUT2D eigenvalue weighted by molar-refractivity contribution is 0.475. The topological polar surface area (TPSA) is 32.3 Å². The van der Waals surface area contributed by atoms with Crippen LogP contribution in [0.4, 0.5) is 5.69 Å². The Morgan fingerprint density at radius 3 is 2.39 bits per heavy atom. The number of aryl methyl sites for hydroxylation is 1. The highest BCUT2D eigenvalue weighted by Crippen LogP contribution is 2.24. The number of rotatable bonds is 3. The van der Waals surface area contributed by atoms with Crippen molar-refractivity contribution in [2.45, 2.75) is 19.9 Å². The molecular formula is C15H16INO. The molecule has 0 radical (unpaired) electrons. The van der Waals surface area contributed by atoms with Crippen LogP contribution in [0.1, 0.15) is 24.1 Å². The van der Waals surface area contributed by atoms with Crippen LogP contribution in [0.25, 0.3) is 0 Å². The molecule has 1 atom stereocenters. The number of phenolic OH excluding ortho intramolecular Hbond substituents is 1. The van der Waals surface area contributed by atoms with Crippen LogP contribution in [0.2, 0.25) is 0 Å². The minimum Gasteiger partial charge on any atom is -0.508 e. The molecule has 0 aliphatic heterocycles. The van der Waals surface area contributed by atoms with Crippen molar-refractivity contribution >= 4 is 28.3 Å². The van der Waals surface area contributed by atoms with Crippen LogP contribution in [-0.2, 0) is 0 Å². The molecular weight excluding hydrogens is 337 g/mol. The van der Waals surface area contributed by atoms with E-state index in [4.69, 9.17) is 0 Å². The molecule has 0 spiro atoms. The fraction of sp³-hybridized carbons (Fsp3) is 0.200. The van der Waals surface area contributed by atoms with Crippen molar-refractivity contribution < 1.29 is 5.11 Å². The number of hydrogen-bond donors (Lipinski definition) is 2. The number of anilines is 1. The summed E-state index contributed by atoms with van der Waals surface area (Å²) in [7, 11) is 0.